The van der Waals surface area contributed by atoms with Crippen molar-refractivity contribution >= 4 is 0 Å². The average Bonchev–Trinajstić information content (AvgIpc) is 2.17. The zero-order chi connectivity index (χ0) is 10.7. The molecule has 0 saturated carbocycles. The van der Waals surface area contributed by atoms with Crippen LogP contribution in [-0.2, 0) is 0 Å². The second-order valence-electron chi connectivity index (χ2n) is 5.47. The number of piperidine rings is 2. The number of likely N-dealkylation sites (tertiary alicyclic amines) is 1. The molecule has 0 aromatic carbocycles. The largest absolute Gasteiger partial charge is 0.392 e. The van der Waals surface area contributed by atoms with Crippen LogP contribution in [0.25, 0.3) is 0 Å². The number of nitrogens with one attached hydrogen (secondary N) is 1. The summed E-state index contributed by atoms with van der Waals surface area (Å²) >= 11 is 0. The molecule has 0 aromatic rings. The van der Waals surface area contributed by atoms with Crippen LogP contribution >= 0.6 is 0 Å². The maximum absolute atomic E-state index is 9.43. The molecule has 1 unspecified atom stereocenters. The molecule has 2 atom stereocenters. The van der Waals surface area contributed by atoms with Crippen LogP contribution < -0.4 is 5.32 Å². The van der Waals surface area contributed by atoms with Gasteiger partial charge in [-0.1, -0.05) is 0 Å². The first-order chi connectivity index (χ1) is 7.20. The Morgan fingerprint density at radius 1 is 1.40 bits per heavy atom. The first kappa shape index (κ1) is 11.4. The Balaban J connectivity index is 1.90. The van der Waals surface area contributed by atoms with Crippen molar-refractivity contribution in [2.24, 2.45) is 5.41 Å². The lowest BCUT2D eigenvalue weighted by Gasteiger charge is -2.45. The molecular weight excluding hydrogens is 188 g/mol. The van der Waals surface area contributed by atoms with Gasteiger partial charge in [-0.15, -0.1) is 0 Å². The zero-order valence-corrected chi connectivity index (χ0v) is 9.84. The van der Waals surface area contributed by atoms with E-state index in [-0.39, 0.29) is 6.10 Å². The normalized spacial score (nSPS) is 35.6. The Hall–Kier alpha value is -0.120. The highest BCUT2D eigenvalue weighted by Gasteiger charge is 2.36. The van der Waals surface area contributed by atoms with E-state index in [1.165, 1.54) is 51.9 Å². The molecule has 15 heavy (non-hydrogen) atoms. The van der Waals surface area contributed by atoms with Gasteiger partial charge in [0.15, 0.2) is 0 Å². The number of nitrogens with zero attached hydrogens (tertiary/aromatic N) is 1. The molecule has 0 aliphatic carbocycles. The minimum absolute atomic E-state index is 0.184. The van der Waals surface area contributed by atoms with Gasteiger partial charge in [0.2, 0.25) is 0 Å². The Morgan fingerprint density at radius 2 is 2.20 bits per heavy atom. The summed E-state index contributed by atoms with van der Waals surface area (Å²) in [6.07, 6.45) is 5.18. The van der Waals surface area contributed by atoms with Crippen molar-refractivity contribution in [2.75, 3.05) is 32.7 Å². The van der Waals surface area contributed by atoms with Gasteiger partial charge in [-0.25, -0.2) is 0 Å². The van der Waals surface area contributed by atoms with Crippen LogP contribution in [0.4, 0.5) is 0 Å². The zero-order valence-electron chi connectivity index (χ0n) is 9.84. The van der Waals surface area contributed by atoms with Crippen LogP contribution in [-0.4, -0.2) is 48.8 Å². The highest BCUT2D eigenvalue weighted by atomic mass is 16.3. The summed E-state index contributed by atoms with van der Waals surface area (Å²) in [5.41, 5.74) is 0.519. The highest BCUT2D eigenvalue weighted by molar-refractivity contribution is 4.91. The highest BCUT2D eigenvalue weighted by Crippen LogP contribution is 2.35. The van der Waals surface area contributed by atoms with Crippen molar-refractivity contribution in [3.63, 3.8) is 0 Å². The molecular formula is C12H24N2O. The lowest BCUT2D eigenvalue weighted by molar-refractivity contribution is 0.0362. The van der Waals surface area contributed by atoms with Crippen LogP contribution in [0.15, 0.2) is 0 Å². The Bertz CT molecular complexity index is 194. The summed E-state index contributed by atoms with van der Waals surface area (Å²) in [7, 11) is 0. The molecule has 2 saturated heterocycles. The predicted octanol–water partition coefficient (Wildman–Crippen LogP) is 0.833. The second kappa shape index (κ2) is 4.81. The van der Waals surface area contributed by atoms with E-state index < -0.39 is 0 Å². The summed E-state index contributed by atoms with van der Waals surface area (Å²) in [5, 5.41) is 13.0. The average molecular weight is 212 g/mol. The molecule has 2 aliphatic rings. The van der Waals surface area contributed by atoms with E-state index in [1.807, 2.05) is 6.92 Å². The summed E-state index contributed by atoms with van der Waals surface area (Å²) in [6, 6.07) is 0. The van der Waals surface area contributed by atoms with Gasteiger partial charge in [-0.2, -0.15) is 0 Å². The first-order valence-corrected chi connectivity index (χ1v) is 6.31. The van der Waals surface area contributed by atoms with E-state index in [0.29, 0.717) is 5.41 Å². The number of aliphatic hydroxyl groups is 1. The van der Waals surface area contributed by atoms with Gasteiger partial charge in [0, 0.05) is 19.6 Å². The standard InChI is InChI=1S/C12H24N2O/c1-11(15)8-14-7-3-5-12(10-14)4-2-6-13-9-12/h11,13,15H,2-10H2,1H3/t11-,12?/m1/s1. The third kappa shape index (κ3) is 2.92. The monoisotopic (exact) mass is 212 g/mol. The predicted molar refractivity (Wildman–Crippen MR) is 61.9 cm³/mol. The van der Waals surface area contributed by atoms with Crippen LogP contribution in [0.3, 0.4) is 0 Å². The van der Waals surface area contributed by atoms with Crippen molar-refractivity contribution < 1.29 is 5.11 Å². The fourth-order valence-electron chi connectivity index (χ4n) is 3.22. The van der Waals surface area contributed by atoms with Gasteiger partial charge < -0.3 is 15.3 Å². The van der Waals surface area contributed by atoms with Crippen LogP contribution in [0, 0.1) is 5.41 Å². The van der Waals surface area contributed by atoms with Crippen molar-refractivity contribution in [1.29, 1.82) is 0 Å². The molecule has 2 aliphatic heterocycles. The molecule has 1 spiro atoms. The molecule has 88 valence electrons. The van der Waals surface area contributed by atoms with Gasteiger partial charge in [0.25, 0.3) is 0 Å². The molecule has 0 bridgehead atoms. The second-order valence-corrected chi connectivity index (χ2v) is 5.47. The van der Waals surface area contributed by atoms with Crippen LogP contribution in [0.2, 0.25) is 0 Å². The summed E-state index contributed by atoms with van der Waals surface area (Å²) < 4.78 is 0. The molecule has 2 N–H and O–H groups in total. The molecule has 2 fully saturated rings. The van der Waals surface area contributed by atoms with Crippen molar-refractivity contribution in [3.8, 4) is 0 Å². The molecule has 3 heteroatoms. The van der Waals surface area contributed by atoms with Crippen LogP contribution in [0.5, 0.6) is 0 Å². The molecule has 2 heterocycles. The third-order valence-corrected chi connectivity index (χ3v) is 3.82. The minimum atomic E-state index is -0.184. The van der Waals surface area contributed by atoms with E-state index in [0.717, 1.165) is 6.54 Å². The number of β-amino-alcohol motifs (C(OH)–C–C–N with tert-alkyl or cyclic N) is 1. The molecule has 0 aromatic heterocycles. The Labute approximate surface area is 92.8 Å². The third-order valence-electron chi connectivity index (χ3n) is 3.82. The van der Waals surface area contributed by atoms with Gasteiger partial charge in [-0.05, 0) is 51.1 Å². The fourth-order valence-corrected chi connectivity index (χ4v) is 3.22. The number of hydrogen-bond donors (Lipinski definition) is 2. The van der Waals surface area contributed by atoms with E-state index in [2.05, 4.69) is 10.2 Å². The number of hydrogen-bond acceptors (Lipinski definition) is 3. The fraction of sp³-hybridized carbons (Fsp3) is 1.00. The summed E-state index contributed by atoms with van der Waals surface area (Å²) in [6.45, 7) is 7.47. The van der Waals surface area contributed by atoms with Crippen molar-refractivity contribution in [2.45, 2.75) is 38.7 Å². The van der Waals surface area contributed by atoms with E-state index in [4.69, 9.17) is 0 Å². The lowest BCUT2D eigenvalue weighted by Crippen LogP contribution is -2.52. The van der Waals surface area contributed by atoms with E-state index >= 15 is 0 Å². The lowest BCUT2D eigenvalue weighted by atomic mass is 9.74. The Kier molecular flexibility index (Phi) is 3.65. The molecule has 2 rings (SSSR count). The Morgan fingerprint density at radius 3 is 2.87 bits per heavy atom. The summed E-state index contributed by atoms with van der Waals surface area (Å²) in [4.78, 5) is 2.45. The van der Waals surface area contributed by atoms with Gasteiger partial charge in [0.05, 0.1) is 6.10 Å². The first-order valence-electron chi connectivity index (χ1n) is 6.31. The molecule has 0 amide bonds. The molecule has 0 radical (unpaired) electrons. The summed E-state index contributed by atoms with van der Waals surface area (Å²) in [5.74, 6) is 0. The SMILES string of the molecule is C[C@@H](O)CN1CCCC2(CCCNC2)C1. The quantitative estimate of drug-likeness (QED) is 0.712. The van der Waals surface area contributed by atoms with Crippen LogP contribution in [0.1, 0.15) is 32.6 Å². The van der Waals surface area contributed by atoms with Gasteiger partial charge in [0.1, 0.15) is 0 Å². The van der Waals surface area contributed by atoms with E-state index in [9.17, 15) is 5.11 Å². The maximum Gasteiger partial charge on any atom is 0.0639 e. The topological polar surface area (TPSA) is 35.5 Å². The maximum atomic E-state index is 9.43. The number of aliphatic hydroxyl groups excluding tert-OH is 1. The van der Waals surface area contributed by atoms with E-state index in [1.54, 1.807) is 0 Å². The van der Waals surface area contributed by atoms with Gasteiger partial charge in [-0.3, -0.25) is 0 Å². The minimum Gasteiger partial charge on any atom is -0.392 e. The number of rotatable bonds is 2. The van der Waals surface area contributed by atoms with Gasteiger partial charge >= 0.3 is 0 Å². The molecule has 3 nitrogen and oxygen atoms in total. The van der Waals surface area contributed by atoms with Crippen molar-refractivity contribution in [1.82, 2.24) is 10.2 Å². The van der Waals surface area contributed by atoms with Crippen molar-refractivity contribution in [3.05, 3.63) is 0 Å². The smallest absolute Gasteiger partial charge is 0.0639 e.